The average molecular weight is 577 g/mol. The number of amidine groups is 1. The monoisotopic (exact) mass is 576 g/mol. The lowest BCUT2D eigenvalue weighted by Crippen LogP contribution is -2.55. The molecule has 0 bridgehead atoms. The van der Waals surface area contributed by atoms with Crippen molar-refractivity contribution in [2.45, 2.75) is 69.9 Å². The Labute approximate surface area is 247 Å². The molecule has 1 aliphatic carbocycles. The molecule has 2 aromatic rings. The van der Waals surface area contributed by atoms with Gasteiger partial charge in [0, 0.05) is 24.4 Å². The van der Waals surface area contributed by atoms with Crippen LogP contribution in [0.3, 0.4) is 0 Å². The number of nitrogens with zero attached hydrogens (tertiary/aromatic N) is 1. The quantitative estimate of drug-likeness (QED) is 0.0945. The van der Waals surface area contributed by atoms with Crippen molar-refractivity contribution in [2.75, 3.05) is 6.54 Å². The Morgan fingerprint density at radius 1 is 0.810 bits per heavy atom. The maximum absolute atomic E-state index is 13.9. The van der Waals surface area contributed by atoms with Gasteiger partial charge < -0.3 is 33.6 Å². The van der Waals surface area contributed by atoms with E-state index in [0.717, 1.165) is 43.2 Å². The van der Waals surface area contributed by atoms with E-state index >= 15 is 0 Å². The summed E-state index contributed by atoms with van der Waals surface area (Å²) in [5.74, 6) is -1.58. The third kappa shape index (κ3) is 10.2. The molecule has 0 spiro atoms. The molecule has 11 nitrogen and oxygen atoms in total. The molecule has 11 N–H and O–H groups in total. The molecule has 1 unspecified atom stereocenters. The molecule has 3 rings (SSSR count). The zero-order chi connectivity index (χ0) is 30.5. The fourth-order valence-electron chi connectivity index (χ4n) is 5.48. The maximum atomic E-state index is 13.9. The van der Waals surface area contributed by atoms with Gasteiger partial charge in [-0.2, -0.15) is 0 Å². The number of carbonyl (C=O) groups is 3. The summed E-state index contributed by atoms with van der Waals surface area (Å²) in [5, 5.41) is 13.4. The van der Waals surface area contributed by atoms with Crippen molar-refractivity contribution in [2.24, 2.45) is 39.8 Å². The van der Waals surface area contributed by atoms with Gasteiger partial charge in [-0.25, -0.2) is 0 Å². The molecular weight excluding hydrogens is 532 g/mol. The second-order valence-corrected chi connectivity index (χ2v) is 11.0. The predicted molar refractivity (Wildman–Crippen MR) is 164 cm³/mol. The highest BCUT2D eigenvalue weighted by Crippen LogP contribution is 2.32. The number of nitrogens with one attached hydrogen (secondary N) is 3. The van der Waals surface area contributed by atoms with Crippen molar-refractivity contribution in [3.8, 4) is 0 Å². The number of rotatable bonds is 15. The van der Waals surface area contributed by atoms with Crippen LogP contribution in [-0.2, 0) is 27.2 Å². The molecule has 0 radical (unpaired) electrons. The fourth-order valence-corrected chi connectivity index (χ4v) is 5.48. The molecule has 0 aromatic heterocycles. The van der Waals surface area contributed by atoms with E-state index in [1.165, 1.54) is 0 Å². The van der Waals surface area contributed by atoms with Crippen LogP contribution >= 0.6 is 0 Å². The topological polar surface area (TPSA) is 216 Å². The second-order valence-electron chi connectivity index (χ2n) is 11.0. The Morgan fingerprint density at radius 2 is 1.43 bits per heavy atom. The lowest BCUT2D eigenvalue weighted by Gasteiger charge is -2.31. The molecule has 3 amide bonds. The van der Waals surface area contributed by atoms with E-state index in [-0.39, 0.29) is 42.4 Å². The average Bonchev–Trinajstić information content (AvgIpc) is 2.97. The number of benzene rings is 2. The number of amides is 3. The highest BCUT2D eigenvalue weighted by atomic mass is 16.2. The predicted octanol–water partition coefficient (Wildman–Crippen LogP) is 1.46. The summed E-state index contributed by atoms with van der Waals surface area (Å²) in [6.45, 7) is 0.294. The summed E-state index contributed by atoms with van der Waals surface area (Å²) < 4.78 is 0. The van der Waals surface area contributed by atoms with Crippen LogP contribution in [0.2, 0.25) is 0 Å². The van der Waals surface area contributed by atoms with E-state index in [1.54, 1.807) is 12.1 Å². The van der Waals surface area contributed by atoms with Crippen LogP contribution in [0.15, 0.2) is 59.6 Å². The highest BCUT2D eigenvalue weighted by Gasteiger charge is 2.33. The summed E-state index contributed by atoms with van der Waals surface area (Å²) in [6.07, 6.45) is 6.61. The number of hydrogen-bond acceptors (Lipinski definition) is 5. The van der Waals surface area contributed by atoms with Crippen LogP contribution in [0.5, 0.6) is 0 Å². The molecule has 0 saturated heterocycles. The van der Waals surface area contributed by atoms with Gasteiger partial charge in [-0.15, -0.1) is 0 Å². The van der Waals surface area contributed by atoms with E-state index in [1.807, 2.05) is 42.5 Å². The van der Waals surface area contributed by atoms with Crippen molar-refractivity contribution in [1.29, 1.82) is 5.41 Å². The Kier molecular flexibility index (Phi) is 12.3. The molecule has 1 aliphatic rings. The van der Waals surface area contributed by atoms with Crippen LogP contribution in [0, 0.1) is 17.2 Å². The Hall–Kier alpha value is -4.41. The van der Waals surface area contributed by atoms with Gasteiger partial charge in [-0.1, -0.05) is 73.9 Å². The smallest absolute Gasteiger partial charge is 0.243 e. The minimum absolute atomic E-state index is 0.0107. The standard InChI is InChI=1S/C31H44N8O3/c32-27(33)23-15-13-21(14-16-23)18-24(22-10-5-2-6-11-22)29(41)39-26(19-20-8-3-1-4-9-20)30(42)38-25(28(34)40)12-7-17-37-31(35)36/h1,3-4,8-9,13-16,22,24-26H,2,5-7,10-12,17-19H2,(H3,32,33)(H2,34,40)(H,38,42)(H,39,41)(H4,35,36,37)/t24-,25?,26-/m0/s1. The van der Waals surface area contributed by atoms with Crippen LogP contribution in [0.25, 0.3) is 0 Å². The minimum atomic E-state index is -0.934. The van der Waals surface area contributed by atoms with Gasteiger partial charge in [0.15, 0.2) is 5.96 Å². The van der Waals surface area contributed by atoms with Crippen molar-refractivity contribution < 1.29 is 14.4 Å². The van der Waals surface area contributed by atoms with E-state index in [9.17, 15) is 14.4 Å². The second kappa shape index (κ2) is 16.1. The van der Waals surface area contributed by atoms with Gasteiger partial charge in [-0.05, 0) is 49.1 Å². The molecule has 2 aromatic carbocycles. The van der Waals surface area contributed by atoms with Crippen molar-refractivity contribution in [3.63, 3.8) is 0 Å². The molecule has 0 aliphatic heterocycles. The first-order valence-corrected chi connectivity index (χ1v) is 14.6. The number of primary amides is 1. The van der Waals surface area contributed by atoms with Gasteiger partial charge in [0.25, 0.3) is 0 Å². The van der Waals surface area contributed by atoms with Crippen LogP contribution in [-0.4, -0.2) is 48.1 Å². The SMILES string of the molecule is N=C(N)c1ccc(C[C@H](C(=O)N[C@@H](Cc2ccccc2)C(=O)NC(CCCN=C(N)N)C(N)=O)C2CCCCC2)cc1. The van der Waals surface area contributed by atoms with Gasteiger partial charge in [0.05, 0.1) is 0 Å². The van der Waals surface area contributed by atoms with E-state index < -0.39 is 23.9 Å². The zero-order valence-electron chi connectivity index (χ0n) is 24.1. The third-order valence-electron chi connectivity index (χ3n) is 7.80. The Balaban J connectivity index is 1.80. The molecule has 3 atom stereocenters. The van der Waals surface area contributed by atoms with Gasteiger partial charge in [0.2, 0.25) is 17.7 Å². The highest BCUT2D eigenvalue weighted by molar-refractivity contribution is 5.95. The molecule has 1 saturated carbocycles. The molecule has 42 heavy (non-hydrogen) atoms. The number of hydrogen-bond donors (Lipinski definition) is 7. The van der Waals surface area contributed by atoms with Crippen molar-refractivity contribution in [1.82, 2.24) is 10.6 Å². The lowest BCUT2D eigenvalue weighted by atomic mass is 9.76. The van der Waals surface area contributed by atoms with E-state index in [4.69, 9.17) is 28.3 Å². The molecular formula is C31H44N8O3. The van der Waals surface area contributed by atoms with Gasteiger partial charge >= 0.3 is 0 Å². The van der Waals surface area contributed by atoms with Gasteiger partial charge in [0.1, 0.15) is 17.9 Å². The normalized spacial score (nSPS) is 15.5. The van der Waals surface area contributed by atoms with Crippen molar-refractivity contribution in [3.05, 3.63) is 71.3 Å². The summed E-state index contributed by atoms with van der Waals surface area (Å²) in [7, 11) is 0. The molecule has 0 heterocycles. The molecule has 11 heteroatoms. The van der Waals surface area contributed by atoms with Crippen molar-refractivity contribution >= 4 is 29.5 Å². The first-order chi connectivity index (χ1) is 20.1. The first-order valence-electron chi connectivity index (χ1n) is 14.6. The summed E-state index contributed by atoms with van der Waals surface area (Å²) in [4.78, 5) is 43.6. The zero-order valence-corrected chi connectivity index (χ0v) is 24.1. The molecule has 226 valence electrons. The molecule has 1 fully saturated rings. The van der Waals surface area contributed by atoms with Crippen LogP contribution in [0.4, 0.5) is 0 Å². The third-order valence-corrected chi connectivity index (χ3v) is 7.80. The Morgan fingerprint density at radius 3 is 2.02 bits per heavy atom. The Bertz CT molecular complexity index is 1220. The van der Waals surface area contributed by atoms with Gasteiger partial charge in [-0.3, -0.25) is 24.8 Å². The summed E-state index contributed by atoms with van der Waals surface area (Å²) in [5.41, 5.74) is 24.4. The maximum Gasteiger partial charge on any atom is 0.243 e. The largest absolute Gasteiger partial charge is 0.384 e. The minimum Gasteiger partial charge on any atom is -0.384 e. The number of nitrogen functional groups attached to an aromatic ring is 1. The fraction of sp³-hybridized carbons (Fsp3) is 0.452. The number of guanidine groups is 1. The van der Waals surface area contributed by atoms with Crippen LogP contribution < -0.4 is 33.6 Å². The summed E-state index contributed by atoms with van der Waals surface area (Å²) in [6, 6.07) is 14.9. The summed E-state index contributed by atoms with van der Waals surface area (Å²) >= 11 is 0. The van der Waals surface area contributed by atoms with E-state index in [0.29, 0.717) is 24.9 Å². The van der Waals surface area contributed by atoms with Crippen LogP contribution in [0.1, 0.15) is 61.6 Å². The number of carbonyl (C=O) groups excluding carboxylic acids is 3. The number of aliphatic imine (C=N–C) groups is 1. The number of nitrogens with two attached hydrogens (primary N) is 4. The van der Waals surface area contributed by atoms with E-state index in [2.05, 4.69) is 15.6 Å². The first kappa shape index (κ1) is 32.1. The lowest BCUT2D eigenvalue weighted by molar-refractivity contribution is -0.133.